The van der Waals surface area contributed by atoms with Crippen molar-refractivity contribution < 1.29 is 9.90 Å². The molecule has 1 aromatic carbocycles. The molecule has 0 aliphatic heterocycles. The van der Waals surface area contributed by atoms with E-state index in [-0.39, 0.29) is 12.5 Å². The fraction of sp³-hybridized carbons (Fsp3) is 0.333. The lowest BCUT2D eigenvalue weighted by atomic mass is 10.1. The monoisotopic (exact) mass is 341 g/mol. The van der Waals surface area contributed by atoms with Crippen LogP contribution < -0.4 is 5.32 Å². The van der Waals surface area contributed by atoms with Crippen molar-refractivity contribution in [1.29, 1.82) is 0 Å². The number of nitrogens with one attached hydrogen (secondary N) is 1. The molecule has 0 bridgehead atoms. The summed E-state index contributed by atoms with van der Waals surface area (Å²) in [4.78, 5) is 15.7. The van der Waals surface area contributed by atoms with Crippen molar-refractivity contribution in [2.75, 3.05) is 6.54 Å². The summed E-state index contributed by atoms with van der Waals surface area (Å²) in [5.41, 5.74) is 0.546. The first-order valence-electron chi connectivity index (χ1n) is 6.91. The van der Waals surface area contributed by atoms with Gasteiger partial charge in [0.25, 0.3) is 0 Å². The van der Waals surface area contributed by atoms with Crippen LogP contribution in [0.5, 0.6) is 0 Å². The van der Waals surface area contributed by atoms with Gasteiger partial charge in [0.2, 0.25) is 5.91 Å². The van der Waals surface area contributed by atoms with Gasteiger partial charge in [-0.2, -0.15) is 0 Å². The van der Waals surface area contributed by atoms with Crippen molar-refractivity contribution in [2.45, 2.75) is 25.5 Å². The maximum absolute atomic E-state index is 11.7. The number of carbonyl (C=O) groups excluding carboxylic acids is 1. The van der Waals surface area contributed by atoms with Crippen LogP contribution in [0.15, 0.2) is 36.9 Å². The van der Waals surface area contributed by atoms with Gasteiger partial charge in [-0.15, -0.1) is 0 Å². The summed E-state index contributed by atoms with van der Waals surface area (Å²) in [6.07, 6.45) is 5.50. The van der Waals surface area contributed by atoms with E-state index in [2.05, 4.69) is 10.3 Å². The lowest BCUT2D eigenvalue weighted by Crippen LogP contribution is -2.28. The Hall–Kier alpha value is -1.56. The number of imidazole rings is 1. The molecule has 0 saturated heterocycles. The molecular formula is C15H17Cl2N3O2. The predicted octanol–water partition coefficient (Wildman–Crippen LogP) is 2.82. The highest BCUT2D eigenvalue weighted by Gasteiger charge is 2.13. The largest absolute Gasteiger partial charge is 0.387 e. The van der Waals surface area contributed by atoms with Crippen LogP contribution in [-0.4, -0.2) is 27.1 Å². The first-order chi connectivity index (χ1) is 10.6. The van der Waals surface area contributed by atoms with E-state index < -0.39 is 6.10 Å². The Balaban J connectivity index is 1.73. The maximum Gasteiger partial charge on any atom is 0.220 e. The highest BCUT2D eigenvalue weighted by molar-refractivity contribution is 6.35. The van der Waals surface area contributed by atoms with Crippen molar-refractivity contribution in [3.8, 4) is 0 Å². The molecule has 1 aromatic heterocycles. The van der Waals surface area contributed by atoms with Gasteiger partial charge in [0.15, 0.2) is 0 Å². The van der Waals surface area contributed by atoms with Gasteiger partial charge in [0.05, 0.1) is 12.4 Å². The third-order valence-corrected chi connectivity index (χ3v) is 3.76. The second kappa shape index (κ2) is 8.17. The number of aliphatic hydroxyl groups excluding tert-OH is 1. The highest BCUT2D eigenvalue weighted by Crippen LogP contribution is 2.25. The maximum atomic E-state index is 11.7. The van der Waals surface area contributed by atoms with Crippen LogP contribution >= 0.6 is 23.2 Å². The Morgan fingerprint density at radius 1 is 1.41 bits per heavy atom. The first kappa shape index (κ1) is 16.8. The average Bonchev–Trinajstić information content (AvgIpc) is 2.98. The molecule has 1 heterocycles. The van der Waals surface area contributed by atoms with Crippen molar-refractivity contribution in [1.82, 2.24) is 14.9 Å². The number of hydrogen-bond acceptors (Lipinski definition) is 3. The van der Waals surface area contributed by atoms with Crippen LogP contribution in [-0.2, 0) is 11.3 Å². The topological polar surface area (TPSA) is 67.2 Å². The second-order valence-electron chi connectivity index (χ2n) is 4.89. The molecule has 1 atom stereocenters. The van der Waals surface area contributed by atoms with Crippen molar-refractivity contribution in [3.05, 3.63) is 52.5 Å². The van der Waals surface area contributed by atoms with E-state index in [1.807, 2.05) is 10.8 Å². The lowest BCUT2D eigenvalue weighted by molar-refractivity contribution is -0.121. The zero-order chi connectivity index (χ0) is 15.9. The molecule has 2 rings (SSSR count). The summed E-state index contributed by atoms with van der Waals surface area (Å²) in [5, 5.41) is 13.6. The molecule has 1 unspecified atom stereocenters. The molecule has 0 radical (unpaired) electrons. The molecule has 22 heavy (non-hydrogen) atoms. The fourth-order valence-corrected chi connectivity index (χ4v) is 2.56. The van der Waals surface area contributed by atoms with E-state index in [0.29, 0.717) is 28.5 Å². The Labute approximate surface area is 138 Å². The summed E-state index contributed by atoms with van der Waals surface area (Å²) in [5.74, 6) is -0.107. The Bertz CT molecular complexity index is 617. The minimum atomic E-state index is -0.859. The Morgan fingerprint density at radius 2 is 2.23 bits per heavy atom. The Kier molecular flexibility index (Phi) is 6.24. The number of rotatable bonds is 7. The second-order valence-corrected chi connectivity index (χ2v) is 5.73. The number of carbonyl (C=O) groups is 1. The molecular weight excluding hydrogens is 325 g/mol. The van der Waals surface area contributed by atoms with Crippen LogP contribution in [0, 0.1) is 0 Å². The zero-order valence-corrected chi connectivity index (χ0v) is 13.4. The van der Waals surface area contributed by atoms with E-state index in [4.69, 9.17) is 23.2 Å². The summed E-state index contributed by atoms with van der Waals surface area (Å²) >= 11 is 11.8. The van der Waals surface area contributed by atoms with Gasteiger partial charge in [-0.3, -0.25) is 4.79 Å². The molecule has 2 N–H and O–H groups in total. The van der Waals surface area contributed by atoms with E-state index in [1.165, 1.54) is 0 Å². The smallest absolute Gasteiger partial charge is 0.220 e. The van der Waals surface area contributed by atoms with Gasteiger partial charge in [-0.05, 0) is 18.6 Å². The fourth-order valence-electron chi connectivity index (χ4n) is 2.02. The summed E-state index contributed by atoms with van der Waals surface area (Å²) in [7, 11) is 0. The number of aromatic nitrogens is 2. The molecule has 0 spiro atoms. The zero-order valence-electron chi connectivity index (χ0n) is 11.9. The van der Waals surface area contributed by atoms with E-state index in [0.717, 1.165) is 6.54 Å². The van der Waals surface area contributed by atoms with Crippen LogP contribution in [0.1, 0.15) is 24.5 Å². The van der Waals surface area contributed by atoms with Crippen molar-refractivity contribution in [3.63, 3.8) is 0 Å². The number of halogens is 2. The summed E-state index contributed by atoms with van der Waals surface area (Å²) in [6, 6.07) is 4.87. The SMILES string of the molecule is O=C(CCCn1ccnc1)NCC(O)c1ccc(Cl)cc1Cl. The number of amides is 1. The normalized spacial score (nSPS) is 12.1. The molecule has 118 valence electrons. The quantitative estimate of drug-likeness (QED) is 0.813. The van der Waals surface area contributed by atoms with Crippen LogP contribution in [0.2, 0.25) is 10.0 Å². The van der Waals surface area contributed by atoms with Crippen molar-refractivity contribution >= 4 is 29.1 Å². The third-order valence-electron chi connectivity index (χ3n) is 3.19. The molecule has 0 saturated carbocycles. The number of nitrogens with zero attached hydrogens (tertiary/aromatic N) is 2. The van der Waals surface area contributed by atoms with E-state index in [9.17, 15) is 9.90 Å². The molecule has 2 aromatic rings. The number of aryl methyl sites for hydroxylation is 1. The minimum absolute atomic E-state index is 0.107. The predicted molar refractivity (Wildman–Crippen MR) is 85.9 cm³/mol. The molecule has 5 nitrogen and oxygen atoms in total. The van der Waals surface area contributed by atoms with Crippen LogP contribution in [0.25, 0.3) is 0 Å². The van der Waals surface area contributed by atoms with Gasteiger partial charge in [0.1, 0.15) is 0 Å². The van der Waals surface area contributed by atoms with Crippen LogP contribution in [0.3, 0.4) is 0 Å². The molecule has 7 heteroatoms. The average molecular weight is 342 g/mol. The summed E-state index contributed by atoms with van der Waals surface area (Å²) in [6.45, 7) is 0.851. The number of aliphatic hydroxyl groups is 1. The summed E-state index contributed by atoms with van der Waals surface area (Å²) < 4.78 is 1.91. The first-order valence-corrected chi connectivity index (χ1v) is 7.67. The highest BCUT2D eigenvalue weighted by atomic mass is 35.5. The standard InChI is InChI=1S/C15H17Cl2N3O2/c16-11-3-4-12(13(17)8-11)14(21)9-19-15(22)2-1-6-20-7-5-18-10-20/h3-5,7-8,10,14,21H,1-2,6,9H2,(H,19,22). The molecule has 0 fully saturated rings. The minimum Gasteiger partial charge on any atom is -0.387 e. The lowest BCUT2D eigenvalue weighted by Gasteiger charge is -2.14. The van der Waals surface area contributed by atoms with Crippen molar-refractivity contribution in [2.24, 2.45) is 0 Å². The van der Waals surface area contributed by atoms with Crippen LogP contribution in [0.4, 0.5) is 0 Å². The number of benzene rings is 1. The third kappa shape index (κ3) is 5.02. The van der Waals surface area contributed by atoms with Gasteiger partial charge in [-0.1, -0.05) is 29.3 Å². The molecule has 0 aliphatic carbocycles. The van der Waals surface area contributed by atoms with Gasteiger partial charge >= 0.3 is 0 Å². The molecule has 0 aliphatic rings. The van der Waals surface area contributed by atoms with Gasteiger partial charge in [-0.25, -0.2) is 4.98 Å². The van der Waals surface area contributed by atoms with E-state index in [1.54, 1.807) is 30.7 Å². The molecule has 1 amide bonds. The van der Waals surface area contributed by atoms with Gasteiger partial charge < -0.3 is 15.0 Å². The van der Waals surface area contributed by atoms with Gasteiger partial charge in [0, 0.05) is 47.5 Å². The Morgan fingerprint density at radius 3 is 2.91 bits per heavy atom. The number of hydrogen-bond donors (Lipinski definition) is 2. The van der Waals surface area contributed by atoms with E-state index >= 15 is 0 Å².